The van der Waals surface area contributed by atoms with E-state index in [1.54, 1.807) is 28.8 Å². The van der Waals surface area contributed by atoms with Crippen LogP contribution in [0.25, 0.3) is 0 Å². The topological polar surface area (TPSA) is 90.7 Å². The molecule has 0 radical (unpaired) electrons. The van der Waals surface area contributed by atoms with Crippen LogP contribution in [0.4, 0.5) is 20.6 Å². The van der Waals surface area contributed by atoms with Crippen molar-refractivity contribution in [1.82, 2.24) is 14.7 Å². The summed E-state index contributed by atoms with van der Waals surface area (Å²) < 4.78 is 15.2. The number of nitrogens with one attached hydrogen (secondary N) is 1. The number of β-amino-alcohol motifs (C(OH)–C–C–N with tert-alkyl or cyclic N) is 1. The Morgan fingerprint density at radius 3 is 2.82 bits per heavy atom. The summed E-state index contributed by atoms with van der Waals surface area (Å²) in [5.41, 5.74) is 2.36. The van der Waals surface area contributed by atoms with Crippen molar-refractivity contribution in [2.24, 2.45) is 0 Å². The summed E-state index contributed by atoms with van der Waals surface area (Å²) in [5, 5.41) is 16.9. The summed E-state index contributed by atoms with van der Waals surface area (Å²) in [7, 11) is 0. The largest absolute Gasteiger partial charge is 0.391 e. The molecule has 0 aliphatic carbocycles. The molecule has 0 spiro atoms. The minimum atomic E-state index is -0.688. The van der Waals surface area contributed by atoms with E-state index in [1.165, 1.54) is 17.0 Å². The number of nitrogens with zero attached hydrogens (tertiary/aromatic N) is 4. The summed E-state index contributed by atoms with van der Waals surface area (Å²) in [4.78, 5) is 28.2. The van der Waals surface area contributed by atoms with E-state index in [2.05, 4.69) is 10.4 Å². The average Bonchev–Trinajstić information content (AvgIpc) is 3.19. The van der Waals surface area contributed by atoms with Crippen molar-refractivity contribution in [2.45, 2.75) is 45.5 Å². The first kappa shape index (κ1) is 18.4. The molecule has 1 aromatic carbocycles. The van der Waals surface area contributed by atoms with E-state index < -0.39 is 6.10 Å². The summed E-state index contributed by atoms with van der Waals surface area (Å²) in [6.45, 7) is 4.57. The minimum Gasteiger partial charge on any atom is -0.391 e. The number of fused-ring (bicyclic) bond motifs is 1. The number of benzene rings is 1. The highest BCUT2D eigenvalue weighted by Crippen LogP contribution is 2.30. The Hall–Kier alpha value is -2.94. The number of anilines is 2. The second-order valence-electron chi connectivity index (χ2n) is 7.39. The molecule has 0 bridgehead atoms. The average molecular weight is 387 g/mol. The number of amides is 3. The molecule has 2 atom stereocenters. The van der Waals surface area contributed by atoms with Crippen molar-refractivity contribution in [3.05, 3.63) is 41.5 Å². The van der Waals surface area contributed by atoms with Crippen molar-refractivity contribution in [1.29, 1.82) is 0 Å². The van der Waals surface area contributed by atoms with Crippen LogP contribution >= 0.6 is 0 Å². The molecule has 28 heavy (non-hydrogen) atoms. The highest BCUT2D eigenvalue weighted by Gasteiger charge is 2.35. The first-order valence-corrected chi connectivity index (χ1v) is 9.20. The smallest absolute Gasteiger partial charge is 0.322 e. The molecule has 1 aromatic heterocycles. The van der Waals surface area contributed by atoms with E-state index in [4.69, 9.17) is 0 Å². The molecule has 2 aromatic rings. The van der Waals surface area contributed by atoms with E-state index in [1.807, 2.05) is 6.92 Å². The van der Waals surface area contributed by atoms with Crippen LogP contribution in [-0.2, 0) is 17.9 Å². The number of halogens is 1. The highest BCUT2D eigenvalue weighted by molar-refractivity contribution is 5.96. The predicted molar refractivity (Wildman–Crippen MR) is 100 cm³/mol. The van der Waals surface area contributed by atoms with Crippen LogP contribution < -0.4 is 10.2 Å². The Morgan fingerprint density at radius 1 is 1.36 bits per heavy atom. The quantitative estimate of drug-likeness (QED) is 0.823. The third-order valence-electron chi connectivity index (χ3n) is 5.28. The molecular weight excluding hydrogens is 365 g/mol. The van der Waals surface area contributed by atoms with Gasteiger partial charge in [0.05, 0.1) is 55.8 Å². The molecular formula is C19H22FN5O3. The standard InChI is InChI=1S/C19H22FN5O3/c1-11-5-13(3-4-15(11)20)22-19(28)23-10-17-16(7-21-25(17)8-12(23)2)24-9-14(26)6-18(24)27/h3-5,7,12,14,26H,6,8-10H2,1-2H3,(H,22,28)/t12-,14?/m0/s1. The molecule has 9 heteroatoms. The van der Waals surface area contributed by atoms with Gasteiger partial charge in [0.2, 0.25) is 5.91 Å². The summed E-state index contributed by atoms with van der Waals surface area (Å²) in [5.74, 6) is -0.477. The Morgan fingerprint density at radius 2 is 2.14 bits per heavy atom. The van der Waals surface area contributed by atoms with Gasteiger partial charge in [0.25, 0.3) is 0 Å². The molecule has 1 fully saturated rings. The molecule has 3 amide bonds. The zero-order chi connectivity index (χ0) is 20.0. The van der Waals surface area contributed by atoms with E-state index in [-0.39, 0.29) is 43.3 Å². The maximum Gasteiger partial charge on any atom is 0.322 e. The van der Waals surface area contributed by atoms with Gasteiger partial charge in [-0.25, -0.2) is 9.18 Å². The maximum absolute atomic E-state index is 13.5. The number of aliphatic hydroxyl groups excluding tert-OH is 1. The van der Waals surface area contributed by atoms with E-state index in [9.17, 15) is 19.1 Å². The normalized spacial score (nSPS) is 21.8. The van der Waals surface area contributed by atoms with Gasteiger partial charge >= 0.3 is 6.03 Å². The maximum atomic E-state index is 13.5. The van der Waals surface area contributed by atoms with Crippen LogP contribution in [0.3, 0.4) is 0 Å². The molecule has 1 saturated heterocycles. The number of rotatable bonds is 2. The van der Waals surface area contributed by atoms with Crippen LogP contribution in [0.15, 0.2) is 24.4 Å². The van der Waals surface area contributed by atoms with Gasteiger partial charge in [0.15, 0.2) is 0 Å². The number of aliphatic hydroxyl groups is 1. The van der Waals surface area contributed by atoms with Gasteiger partial charge in [-0.15, -0.1) is 0 Å². The van der Waals surface area contributed by atoms with Crippen LogP contribution in [0, 0.1) is 12.7 Å². The Bertz CT molecular complexity index is 944. The van der Waals surface area contributed by atoms with Crippen LogP contribution in [0.2, 0.25) is 0 Å². The molecule has 2 aliphatic heterocycles. The predicted octanol–water partition coefficient (Wildman–Crippen LogP) is 1.86. The van der Waals surface area contributed by atoms with Crippen molar-refractivity contribution in [3.63, 3.8) is 0 Å². The van der Waals surface area contributed by atoms with E-state index in [0.717, 1.165) is 5.69 Å². The fraction of sp³-hybridized carbons (Fsp3) is 0.421. The van der Waals surface area contributed by atoms with Gasteiger partial charge in [0.1, 0.15) is 5.82 Å². The van der Waals surface area contributed by atoms with Crippen molar-refractivity contribution >= 4 is 23.3 Å². The third kappa shape index (κ3) is 3.22. The number of hydrogen-bond acceptors (Lipinski definition) is 4. The Balaban J connectivity index is 1.55. The zero-order valence-electron chi connectivity index (χ0n) is 15.7. The molecule has 2 N–H and O–H groups in total. The summed E-state index contributed by atoms with van der Waals surface area (Å²) in [6, 6.07) is 4.02. The monoisotopic (exact) mass is 387 g/mol. The molecule has 3 heterocycles. The van der Waals surface area contributed by atoms with Gasteiger partial charge in [-0.1, -0.05) is 0 Å². The van der Waals surface area contributed by atoms with Gasteiger partial charge in [-0.05, 0) is 37.6 Å². The van der Waals surface area contributed by atoms with Crippen LogP contribution in [-0.4, -0.2) is 50.4 Å². The summed E-state index contributed by atoms with van der Waals surface area (Å²) in [6.07, 6.45) is 1.02. The van der Waals surface area contributed by atoms with Crippen molar-refractivity contribution in [2.75, 3.05) is 16.8 Å². The van der Waals surface area contributed by atoms with Crippen LogP contribution in [0.5, 0.6) is 0 Å². The Labute approximate surface area is 161 Å². The fourth-order valence-corrected chi connectivity index (χ4v) is 3.72. The lowest BCUT2D eigenvalue weighted by Crippen LogP contribution is -2.47. The number of aryl methyl sites for hydroxylation is 1. The van der Waals surface area contributed by atoms with Gasteiger partial charge in [0, 0.05) is 5.69 Å². The molecule has 1 unspecified atom stereocenters. The number of aromatic nitrogens is 2. The lowest BCUT2D eigenvalue weighted by Gasteiger charge is -2.35. The second kappa shape index (κ2) is 6.90. The number of hydrogen-bond donors (Lipinski definition) is 2. The first-order chi connectivity index (χ1) is 13.3. The third-order valence-corrected chi connectivity index (χ3v) is 5.28. The number of carbonyl (C=O) groups excluding carboxylic acids is 2. The molecule has 4 rings (SSSR count). The molecule has 148 valence electrons. The van der Waals surface area contributed by atoms with Gasteiger partial charge < -0.3 is 20.2 Å². The highest BCUT2D eigenvalue weighted by atomic mass is 19.1. The molecule has 8 nitrogen and oxygen atoms in total. The number of carbonyl (C=O) groups is 2. The van der Waals surface area contributed by atoms with Crippen LogP contribution in [0.1, 0.15) is 24.6 Å². The Kier molecular flexibility index (Phi) is 4.54. The lowest BCUT2D eigenvalue weighted by molar-refractivity contribution is -0.117. The van der Waals surface area contributed by atoms with Gasteiger partial charge in [-0.2, -0.15) is 5.10 Å². The van der Waals surface area contributed by atoms with Gasteiger partial charge in [-0.3, -0.25) is 9.48 Å². The molecule has 2 aliphatic rings. The summed E-state index contributed by atoms with van der Waals surface area (Å²) >= 11 is 0. The SMILES string of the molecule is Cc1cc(NC(=O)N2Cc3c(N4CC(O)CC4=O)cnn3C[C@@H]2C)ccc1F. The fourth-order valence-electron chi connectivity index (χ4n) is 3.72. The first-order valence-electron chi connectivity index (χ1n) is 9.20. The zero-order valence-corrected chi connectivity index (χ0v) is 15.7. The number of urea groups is 1. The van der Waals surface area contributed by atoms with Crippen molar-refractivity contribution < 1.29 is 19.1 Å². The second-order valence-corrected chi connectivity index (χ2v) is 7.39. The minimum absolute atomic E-state index is 0.0924. The van der Waals surface area contributed by atoms with E-state index in [0.29, 0.717) is 23.5 Å². The van der Waals surface area contributed by atoms with Crippen molar-refractivity contribution in [3.8, 4) is 0 Å². The molecule has 0 saturated carbocycles. The lowest BCUT2D eigenvalue weighted by atomic mass is 10.2. The van der Waals surface area contributed by atoms with E-state index >= 15 is 0 Å².